The molecule has 3 aliphatic rings. The number of aliphatic hydroxyl groups is 1. The minimum Gasteiger partial charge on any atom is -0.481 e. The number of halogens is 4. The van der Waals surface area contributed by atoms with Crippen LogP contribution in [0.1, 0.15) is 66.0 Å². The van der Waals surface area contributed by atoms with Gasteiger partial charge in [-0.25, -0.2) is 4.98 Å². The molecule has 11 nitrogen and oxygen atoms in total. The summed E-state index contributed by atoms with van der Waals surface area (Å²) >= 11 is 7.12. The lowest BCUT2D eigenvalue weighted by molar-refractivity contribution is -0.143. The van der Waals surface area contributed by atoms with Crippen LogP contribution in [0.3, 0.4) is 0 Å². The first-order valence-corrected chi connectivity index (χ1v) is 18.7. The molecule has 4 atom stereocenters. The molecule has 2 fully saturated rings. The third-order valence-electron chi connectivity index (χ3n) is 10.6. The average molecular weight is 782 g/mol. The lowest BCUT2D eigenvalue weighted by Gasteiger charge is -2.24. The van der Waals surface area contributed by atoms with E-state index in [9.17, 15) is 28.2 Å². The number of ether oxygens (including phenoxy) is 3. The van der Waals surface area contributed by atoms with Crippen LogP contribution in [0.2, 0.25) is 5.02 Å². The van der Waals surface area contributed by atoms with Crippen molar-refractivity contribution >= 4 is 17.6 Å². The Kier molecular flexibility index (Phi) is 11.5. The highest BCUT2D eigenvalue weighted by atomic mass is 35.5. The van der Waals surface area contributed by atoms with E-state index in [0.717, 1.165) is 46.7 Å². The van der Waals surface area contributed by atoms with Crippen LogP contribution in [0.4, 0.5) is 13.2 Å². The lowest BCUT2D eigenvalue weighted by atomic mass is 9.94. The number of pyridine rings is 2. The van der Waals surface area contributed by atoms with E-state index in [1.807, 2.05) is 48.5 Å². The van der Waals surface area contributed by atoms with Gasteiger partial charge < -0.3 is 29.7 Å². The Labute approximate surface area is 321 Å². The number of carboxylic acid groups (broad SMARTS) is 1. The Bertz CT molecular complexity index is 2050. The Morgan fingerprint density at radius 1 is 0.964 bits per heavy atom. The Balaban J connectivity index is 1.13. The minimum atomic E-state index is -4.79. The van der Waals surface area contributed by atoms with Crippen molar-refractivity contribution in [2.75, 3.05) is 27.3 Å². The predicted octanol–water partition coefficient (Wildman–Crippen LogP) is 6.78. The molecule has 0 saturated carbocycles. The topological polar surface area (TPSA) is 138 Å². The van der Waals surface area contributed by atoms with E-state index in [2.05, 4.69) is 15.6 Å². The third kappa shape index (κ3) is 8.24. The SMILES string of the molecule is COc1nc(-c2cccc(-c3cccc4c3CC[C@@H]4Oc3nc(OC)c(CN4CCC[C@@H]4C(=O)O)cc3C(F)(F)F)c2Cl)ccc1CNC[C@@H]1CCC(O)N1. The van der Waals surface area contributed by atoms with Crippen LogP contribution < -0.4 is 24.8 Å². The van der Waals surface area contributed by atoms with Crippen molar-refractivity contribution in [1.82, 2.24) is 25.5 Å². The number of carboxylic acids is 1. The number of methoxy groups -OCH3 is 2. The molecule has 1 aliphatic carbocycles. The number of nitrogens with zero attached hydrogens (tertiary/aromatic N) is 3. The maximum Gasteiger partial charge on any atom is 0.421 e. The van der Waals surface area contributed by atoms with Crippen LogP contribution in [0.25, 0.3) is 22.4 Å². The van der Waals surface area contributed by atoms with Gasteiger partial charge in [0.25, 0.3) is 0 Å². The van der Waals surface area contributed by atoms with Crippen molar-refractivity contribution in [3.8, 4) is 40.0 Å². The quantitative estimate of drug-likeness (QED) is 0.114. The number of nitrogens with one attached hydrogen (secondary N) is 2. The van der Waals surface area contributed by atoms with Crippen LogP contribution in [-0.2, 0) is 30.5 Å². The summed E-state index contributed by atoms with van der Waals surface area (Å²) in [5.74, 6) is -1.20. The molecule has 0 radical (unpaired) electrons. The van der Waals surface area contributed by atoms with E-state index in [0.29, 0.717) is 67.5 Å². The number of likely N-dealkylation sites (tertiary alicyclic amines) is 1. The van der Waals surface area contributed by atoms with Gasteiger partial charge in [0, 0.05) is 47.9 Å². The predicted molar refractivity (Wildman–Crippen MR) is 199 cm³/mol. The first-order valence-electron chi connectivity index (χ1n) is 18.3. The second-order valence-electron chi connectivity index (χ2n) is 14.1. The smallest absolute Gasteiger partial charge is 0.421 e. The zero-order chi connectivity index (χ0) is 38.9. The first kappa shape index (κ1) is 38.8. The molecule has 0 amide bonds. The molecular formula is C40H43ClF3N5O6. The zero-order valence-electron chi connectivity index (χ0n) is 30.5. The van der Waals surface area contributed by atoms with E-state index in [1.54, 1.807) is 12.0 Å². The van der Waals surface area contributed by atoms with Gasteiger partial charge in [0.1, 0.15) is 23.9 Å². The normalized spacial score (nSPS) is 21.1. The summed E-state index contributed by atoms with van der Waals surface area (Å²) in [4.78, 5) is 22.4. The van der Waals surface area contributed by atoms with Gasteiger partial charge in [0.15, 0.2) is 0 Å². The summed E-state index contributed by atoms with van der Waals surface area (Å²) in [5.41, 5.74) is 4.50. The molecule has 4 N–H and O–H groups in total. The maximum atomic E-state index is 14.5. The average Bonchev–Trinajstić information content (AvgIpc) is 3.92. The van der Waals surface area contributed by atoms with Gasteiger partial charge in [-0.2, -0.15) is 18.2 Å². The second-order valence-corrected chi connectivity index (χ2v) is 14.5. The molecule has 55 heavy (non-hydrogen) atoms. The van der Waals surface area contributed by atoms with Crippen molar-refractivity contribution in [1.29, 1.82) is 0 Å². The van der Waals surface area contributed by atoms with E-state index >= 15 is 0 Å². The Hall–Kier alpha value is -4.47. The van der Waals surface area contributed by atoms with Crippen molar-refractivity contribution in [3.05, 3.63) is 87.4 Å². The van der Waals surface area contributed by atoms with Crippen molar-refractivity contribution in [2.24, 2.45) is 0 Å². The number of aliphatic hydroxyl groups excluding tert-OH is 1. The monoisotopic (exact) mass is 781 g/mol. The van der Waals surface area contributed by atoms with Gasteiger partial charge in [-0.3, -0.25) is 15.0 Å². The maximum absolute atomic E-state index is 14.5. The molecule has 7 rings (SSSR count). The molecule has 15 heteroatoms. The standard InChI is InChI=1S/C40H43ClF3N5O6/c1-53-36-22(19-45-20-24-12-16-34(50)46-24)11-14-31(47-36)29-9-4-8-28(35(29)41)25-6-3-7-27-26(25)13-15-33(27)55-38-30(40(42,43)44)18-23(37(48-38)54-2)21-49-17-5-10-32(49)39(51)52/h3-4,6-9,11,14,18,24,32-34,45-46,50H,5,10,12-13,15-17,19-21H2,1-2H3,(H,51,52)/t24-,32+,33-,34?/m0/s1. The van der Waals surface area contributed by atoms with Crippen molar-refractivity contribution in [2.45, 2.75) is 82.2 Å². The zero-order valence-corrected chi connectivity index (χ0v) is 31.2. The fraction of sp³-hybridized carbons (Fsp3) is 0.425. The molecule has 292 valence electrons. The number of rotatable bonds is 13. The van der Waals surface area contributed by atoms with Gasteiger partial charge in [-0.05, 0) is 73.9 Å². The largest absolute Gasteiger partial charge is 0.481 e. The van der Waals surface area contributed by atoms with Gasteiger partial charge in [-0.1, -0.05) is 54.1 Å². The van der Waals surface area contributed by atoms with Crippen LogP contribution in [0, 0.1) is 0 Å². The van der Waals surface area contributed by atoms with Gasteiger partial charge in [0.05, 0.1) is 24.9 Å². The summed E-state index contributed by atoms with van der Waals surface area (Å²) in [6, 6.07) is 15.5. The summed E-state index contributed by atoms with van der Waals surface area (Å²) in [6.07, 6.45) is -2.37. The Morgan fingerprint density at radius 3 is 2.44 bits per heavy atom. The highest BCUT2D eigenvalue weighted by molar-refractivity contribution is 6.36. The molecule has 4 heterocycles. The van der Waals surface area contributed by atoms with E-state index in [4.69, 9.17) is 30.8 Å². The van der Waals surface area contributed by atoms with E-state index < -0.39 is 42.0 Å². The van der Waals surface area contributed by atoms with Crippen LogP contribution in [-0.4, -0.2) is 76.7 Å². The number of fused-ring (bicyclic) bond motifs is 1. The van der Waals surface area contributed by atoms with Crippen LogP contribution >= 0.6 is 11.6 Å². The molecule has 2 saturated heterocycles. The molecule has 0 spiro atoms. The third-order valence-corrected chi connectivity index (χ3v) is 11.0. The van der Waals surface area contributed by atoms with E-state index in [1.165, 1.54) is 7.11 Å². The highest BCUT2D eigenvalue weighted by Gasteiger charge is 2.40. The summed E-state index contributed by atoms with van der Waals surface area (Å²) in [7, 11) is 2.88. The minimum absolute atomic E-state index is 0.0498. The number of alkyl halides is 3. The van der Waals surface area contributed by atoms with Crippen LogP contribution in [0.15, 0.2) is 54.6 Å². The van der Waals surface area contributed by atoms with E-state index in [-0.39, 0.29) is 24.0 Å². The van der Waals surface area contributed by atoms with Crippen LogP contribution in [0.5, 0.6) is 17.6 Å². The number of aromatic nitrogens is 2. The summed E-state index contributed by atoms with van der Waals surface area (Å²) in [6.45, 7) is 1.61. The molecule has 2 aliphatic heterocycles. The molecule has 2 aromatic carbocycles. The fourth-order valence-electron chi connectivity index (χ4n) is 7.95. The molecule has 2 aromatic heterocycles. The fourth-order valence-corrected chi connectivity index (χ4v) is 8.28. The molecule has 4 aromatic rings. The van der Waals surface area contributed by atoms with Gasteiger partial charge in [0.2, 0.25) is 17.6 Å². The Morgan fingerprint density at radius 2 is 1.71 bits per heavy atom. The first-order chi connectivity index (χ1) is 26.4. The van der Waals surface area contributed by atoms with Gasteiger partial charge in [-0.15, -0.1) is 0 Å². The molecule has 1 unspecified atom stereocenters. The van der Waals surface area contributed by atoms with Crippen molar-refractivity contribution in [3.63, 3.8) is 0 Å². The number of carbonyl (C=O) groups is 1. The van der Waals surface area contributed by atoms with Crippen molar-refractivity contribution < 1.29 is 42.4 Å². The summed E-state index contributed by atoms with van der Waals surface area (Å²) in [5, 5.41) is 26.3. The summed E-state index contributed by atoms with van der Waals surface area (Å²) < 4.78 is 60.8. The molecule has 0 bridgehead atoms. The molecular weight excluding hydrogens is 739 g/mol. The lowest BCUT2D eigenvalue weighted by Crippen LogP contribution is -2.37. The number of aliphatic carboxylic acids is 1. The van der Waals surface area contributed by atoms with Gasteiger partial charge >= 0.3 is 12.1 Å². The number of hydrogen-bond donors (Lipinski definition) is 4. The highest BCUT2D eigenvalue weighted by Crippen LogP contribution is 2.46. The second kappa shape index (κ2) is 16.3. The number of hydrogen-bond acceptors (Lipinski definition) is 10. The number of benzene rings is 2.